The summed E-state index contributed by atoms with van der Waals surface area (Å²) in [7, 11) is 0. The lowest BCUT2D eigenvalue weighted by Crippen LogP contribution is -2.66. The van der Waals surface area contributed by atoms with Crippen LogP contribution in [0.3, 0.4) is 0 Å². The molecule has 0 spiro atoms. The van der Waals surface area contributed by atoms with Gasteiger partial charge in [-0.25, -0.2) is 0 Å². The van der Waals surface area contributed by atoms with Gasteiger partial charge in [-0.1, -0.05) is 27.7 Å². The largest absolute Gasteiger partial charge is 0.298 e. The van der Waals surface area contributed by atoms with Gasteiger partial charge in [-0.15, -0.1) is 0 Å². The van der Waals surface area contributed by atoms with Crippen molar-refractivity contribution in [2.24, 2.45) is 17.3 Å². The summed E-state index contributed by atoms with van der Waals surface area (Å²) >= 11 is 0. The van der Waals surface area contributed by atoms with Gasteiger partial charge >= 0.3 is 0 Å². The Labute approximate surface area is 150 Å². The zero-order valence-corrected chi connectivity index (χ0v) is 17.3. The summed E-state index contributed by atoms with van der Waals surface area (Å²) in [5, 5.41) is 0. The fourth-order valence-corrected chi connectivity index (χ4v) is 6.28. The van der Waals surface area contributed by atoms with E-state index in [1.165, 1.54) is 45.6 Å². The molecule has 3 unspecified atom stereocenters. The van der Waals surface area contributed by atoms with Crippen molar-refractivity contribution in [3.8, 4) is 0 Å². The highest BCUT2D eigenvalue weighted by molar-refractivity contribution is 5.04. The second kappa shape index (κ2) is 6.89. The topological polar surface area (TPSA) is 9.72 Å². The van der Waals surface area contributed by atoms with E-state index in [-0.39, 0.29) is 0 Å². The van der Waals surface area contributed by atoms with E-state index in [4.69, 9.17) is 0 Å². The van der Waals surface area contributed by atoms with Gasteiger partial charge in [-0.2, -0.15) is 0 Å². The highest BCUT2D eigenvalue weighted by Crippen LogP contribution is 2.49. The average Bonchev–Trinajstić information content (AvgIpc) is 2.49. The quantitative estimate of drug-likeness (QED) is 0.781. The molecule has 0 radical (unpaired) electrons. The third-order valence-corrected chi connectivity index (χ3v) is 7.40. The first kappa shape index (κ1) is 18.7. The first-order valence-corrected chi connectivity index (χ1v) is 10.4. The summed E-state index contributed by atoms with van der Waals surface area (Å²) in [6, 6.07) is 3.03. The molecule has 3 rings (SSSR count). The van der Waals surface area contributed by atoms with Crippen molar-refractivity contribution in [3.05, 3.63) is 0 Å². The molecule has 1 saturated carbocycles. The molecular weight excluding hydrogens is 294 g/mol. The lowest BCUT2D eigenvalue weighted by molar-refractivity contribution is -0.104. The maximum absolute atomic E-state index is 2.87. The van der Waals surface area contributed by atoms with Crippen molar-refractivity contribution in [1.82, 2.24) is 14.7 Å². The van der Waals surface area contributed by atoms with Crippen LogP contribution in [0.15, 0.2) is 0 Å². The lowest BCUT2D eigenvalue weighted by Gasteiger charge is -2.60. The van der Waals surface area contributed by atoms with Gasteiger partial charge in [0, 0.05) is 56.9 Å². The summed E-state index contributed by atoms with van der Waals surface area (Å²) in [5.41, 5.74) is 0.517. The molecular formula is C21H41N3. The van der Waals surface area contributed by atoms with Gasteiger partial charge in [0.2, 0.25) is 0 Å². The molecule has 0 aromatic rings. The van der Waals surface area contributed by atoms with Crippen molar-refractivity contribution < 1.29 is 0 Å². The summed E-state index contributed by atoms with van der Waals surface area (Å²) in [6.45, 7) is 23.4. The Morgan fingerprint density at radius 2 is 1.54 bits per heavy atom. The Morgan fingerprint density at radius 1 is 0.917 bits per heavy atom. The van der Waals surface area contributed by atoms with E-state index < -0.39 is 0 Å². The van der Waals surface area contributed by atoms with Crippen LogP contribution < -0.4 is 0 Å². The minimum absolute atomic E-state index is 0.517. The molecule has 0 amide bonds. The van der Waals surface area contributed by atoms with Crippen LogP contribution in [0.25, 0.3) is 0 Å². The molecule has 2 saturated heterocycles. The molecule has 2 heterocycles. The summed E-state index contributed by atoms with van der Waals surface area (Å²) in [6.07, 6.45) is 2.76. The van der Waals surface area contributed by atoms with E-state index in [9.17, 15) is 0 Å². The molecule has 140 valence electrons. The maximum Gasteiger partial charge on any atom is 0.0175 e. The molecule has 0 N–H and O–H groups in total. The summed E-state index contributed by atoms with van der Waals surface area (Å²) < 4.78 is 0. The molecule has 24 heavy (non-hydrogen) atoms. The smallest absolute Gasteiger partial charge is 0.0175 e. The lowest BCUT2D eigenvalue weighted by atomic mass is 9.59. The maximum atomic E-state index is 2.87. The average molecular weight is 336 g/mol. The van der Waals surface area contributed by atoms with Crippen molar-refractivity contribution >= 4 is 0 Å². The van der Waals surface area contributed by atoms with Crippen LogP contribution in [0.2, 0.25) is 0 Å². The van der Waals surface area contributed by atoms with Gasteiger partial charge in [-0.05, 0) is 50.9 Å². The number of nitrogens with zero attached hydrogens (tertiary/aromatic N) is 3. The minimum Gasteiger partial charge on any atom is -0.298 e. The Morgan fingerprint density at radius 3 is 2.04 bits per heavy atom. The van der Waals surface area contributed by atoms with Crippen molar-refractivity contribution in [1.29, 1.82) is 0 Å². The molecule has 3 heteroatoms. The Balaban J connectivity index is 1.60. The standard InChI is InChI=1S/C21H41N3/c1-15(2)22-8-10-23(11-9-22)19-12-18(5)24(14-17(19)4)20-16(3)13-21(20,6)7/h15-20H,8-14H2,1-7H3/t16?,17-,18+,19?,20?/m0/s1. The normalized spacial score (nSPS) is 42.2. The number of hydrogen-bond acceptors (Lipinski definition) is 3. The second-order valence-corrected chi connectivity index (χ2v) is 10.1. The number of hydrogen-bond donors (Lipinski definition) is 0. The second-order valence-electron chi connectivity index (χ2n) is 10.1. The Bertz CT molecular complexity index is 425. The SMILES string of the molecule is CC1CC(C)(C)C1N1C[C@H](C)C(N2CCN(C(C)C)CC2)C[C@H]1C. The number of rotatable bonds is 3. The summed E-state index contributed by atoms with van der Waals surface area (Å²) in [5.74, 6) is 1.68. The number of piperazine rings is 1. The van der Waals surface area contributed by atoms with E-state index in [1.54, 1.807) is 0 Å². The molecule has 0 aromatic heterocycles. The molecule has 0 bridgehead atoms. The van der Waals surface area contributed by atoms with Crippen molar-refractivity contribution in [3.63, 3.8) is 0 Å². The molecule has 1 aliphatic carbocycles. The van der Waals surface area contributed by atoms with Gasteiger partial charge < -0.3 is 0 Å². The van der Waals surface area contributed by atoms with Gasteiger partial charge in [-0.3, -0.25) is 14.7 Å². The Hall–Kier alpha value is -0.120. The molecule has 3 nitrogen and oxygen atoms in total. The van der Waals surface area contributed by atoms with Gasteiger partial charge in [0.25, 0.3) is 0 Å². The monoisotopic (exact) mass is 335 g/mol. The van der Waals surface area contributed by atoms with Crippen LogP contribution >= 0.6 is 0 Å². The molecule has 2 aliphatic heterocycles. The van der Waals surface area contributed by atoms with Crippen molar-refractivity contribution in [2.45, 2.75) is 85.5 Å². The zero-order chi connectivity index (χ0) is 17.6. The van der Waals surface area contributed by atoms with Crippen LogP contribution in [0.4, 0.5) is 0 Å². The number of likely N-dealkylation sites (tertiary alicyclic amines) is 1. The van der Waals surface area contributed by atoms with Gasteiger partial charge in [0.05, 0.1) is 0 Å². The fourth-order valence-electron chi connectivity index (χ4n) is 6.28. The zero-order valence-electron chi connectivity index (χ0n) is 17.3. The number of piperidine rings is 1. The third-order valence-electron chi connectivity index (χ3n) is 7.40. The Kier molecular flexibility index (Phi) is 5.36. The van der Waals surface area contributed by atoms with E-state index in [0.717, 1.165) is 30.0 Å². The van der Waals surface area contributed by atoms with E-state index in [1.807, 2.05) is 0 Å². The van der Waals surface area contributed by atoms with E-state index in [0.29, 0.717) is 11.5 Å². The predicted molar refractivity (Wildman–Crippen MR) is 103 cm³/mol. The van der Waals surface area contributed by atoms with Crippen LogP contribution in [-0.4, -0.2) is 71.6 Å². The van der Waals surface area contributed by atoms with Gasteiger partial charge in [0.1, 0.15) is 0 Å². The van der Waals surface area contributed by atoms with Crippen LogP contribution in [-0.2, 0) is 0 Å². The van der Waals surface area contributed by atoms with E-state index in [2.05, 4.69) is 63.2 Å². The molecule has 0 aromatic carbocycles. The van der Waals surface area contributed by atoms with E-state index >= 15 is 0 Å². The van der Waals surface area contributed by atoms with Crippen LogP contribution in [0, 0.1) is 17.3 Å². The molecule has 3 aliphatic rings. The first-order chi connectivity index (χ1) is 11.2. The first-order valence-electron chi connectivity index (χ1n) is 10.4. The predicted octanol–water partition coefficient (Wildman–Crippen LogP) is 3.55. The fraction of sp³-hybridized carbons (Fsp3) is 1.00. The third kappa shape index (κ3) is 3.41. The van der Waals surface area contributed by atoms with Gasteiger partial charge in [0.15, 0.2) is 0 Å². The van der Waals surface area contributed by atoms with Crippen molar-refractivity contribution in [2.75, 3.05) is 32.7 Å². The molecule has 3 fully saturated rings. The highest BCUT2D eigenvalue weighted by Gasteiger charge is 2.51. The molecule has 5 atom stereocenters. The minimum atomic E-state index is 0.517. The van der Waals surface area contributed by atoms with Crippen LogP contribution in [0.1, 0.15) is 61.3 Å². The highest BCUT2D eigenvalue weighted by atomic mass is 15.3. The van der Waals surface area contributed by atoms with Crippen LogP contribution in [0.5, 0.6) is 0 Å². The summed E-state index contributed by atoms with van der Waals surface area (Å²) in [4.78, 5) is 8.32.